The largest absolute Gasteiger partial charge is 0.461 e. The van der Waals surface area contributed by atoms with E-state index >= 15 is 0 Å². The number of furan rings is 1. The summed E-state index contributed by atoms with van der Waals surface area (Å²) in [6.07, 6.45) is 4.73. The second-order valence-corrected chi connectivity index (χ2v) is 6.58. The predicted molar refractivity (Wildman–Crippen MR) is 81.4 cm³/mol. The van der Waals surface area contributed by atoms with Crippen LogP contribution in [0.15, 0.2) is 27.3 Å². The van der Waals surface area contributed by atoms with E-state index in [0.29, 0.717) is 30.3 Å². The number of nitrogens with one attached hydrogen (secondary N) is 1. The van der Waals surface area contributed by atoms with Gasteiger partial charge in [-0.3, -0.25) is 9.69 Å². The minimum Gasteiger partial charge on any atom is -0.461 e. The molecule has 8 heteroatoms. The fraction of sp³-hybridized carbons (Fsp3) is 0.500. The lowest BCUT2D eigenvalue weighted by molar-refractivity contribution is -0.133. The van der Waals surface area contributed by atoms with Crippen LogP contribution >= 0.6 is 0 Å². The van der Waals surface area contributed by atoms with Gasteiger partial charge in [0.15, 0.2) is 5.76 Å². The molecule has 4 rings (SSSR count). The van der Waals surface area contributed by atoms with Gasteiger partial charge < -0.3 is 14.3 Å². The maximum Gasteiger partial charge on any atom is 0.325 e. The van der Waals surface area contributed by atoms with Crippen LogP contribution in [0.3, 0.4) is 0 Å². The van der Waals surface area contributed by atoms with Crippen molar-refractivity contribution in [2.24, 2.45) is 5.92 Å². The zero-order chi connectivity index (χ0) is 16.7. The van der Waals surface area contributed by atoms with Crippen LogP contribution in [-0.2, 0) is 11.3 Å². The molecule has 0 atom stereocenters. The molecular formula is C16H18N4O4. The van der Waals surface area contributed by atoms with Crippen molar-refractivity contribution in [3.05, 3.63) is 24.3 Å². The fourth-order valence-electron chi connectivity index (χ4n) is 3.37. The molecule has 0 radical (unpaired) electrons. The third-order valence-electron chi connectivity index (χ3n) is 4.88. The normalized spacial score (nSPS) is 27.0. The van der Waals surface area contributed by atoms with Gasteiger partial charge in [0.1, 0.15) is 12.1 Å². The molecule has 0 aromatic carbocycles. The fourth-order valence-corrected chi connectivity index (χ4v) is 3.37. The monoisotopic (exact) mass is 330 g/mol. The van der Waals surface area contributed by atoms with Gasteiger partial charge in [0, 0.05) is 0 Å². The molecule has 24 heavy (non-hydrogen) atoms. The summed E-state index contributed by atoms with van der Waals surface area (Å²) in [5, 5.41) is 6.69. The van der Waals surface area contributed by atoms with Gasteiger partial charge in [-0.05, 0) is 43.7 Å². The van der Waals surface area contributed by atoms with Gasteiger partial charge in [0.25, 0.3) is 5.91 Å². The van der Waals surface area contributed by atoms with Gasteiger partial charge in [-0.25, -0.2) is 4.79 Å². The molecule has 0 bridgehead atoms. The molecule has 1 saturated carbocycles. The molecule has 2 aromatic rings. The Morgan fingerprint density at radius 2 is 2.17 bits per heavy atom. The number of hydrogen-bond acceptors (Lipinski definition) is 6. The van der Waals surface area contributed by atoms with Gasteiger partial charge in [-0.2, -0.15) is 4.98 Å². The second kappa shape index (κ2) is 5.47. The van der Waals surface area contributed by atoms with E-state index in [-0.39, 0.29) is 18.3 Å². The summed E-state index contributed by atoms with van der Waals surface area (Å²) < 4.78 is 10.3. The van der Waals surface area contributed by atoms with E-state index in [4.69, 9.17) is 8.94 Å². The first-order valence-electron chi connectivity index (χ1n) is 8.08. The average Bonchev–Trinajstić information content (AvgIpc) is 3.28. The van der Waals surface area contributed by atoms with Crippen LogP contribution in [0.2, 0.25) is 0 Å². The summed E-state index contributed by atoms with van der Waals surface area (Å²) >= 11 is 0. The molecule has 0 unspecified atom stereocenters. The zero-order valence-corrected chi connectivity index (χ0v) is 13.3. The van der Waals surface area contributed by atoms with Gasteiger partial charge in [-0.1, -0.05) is 12.1 Å². The van der Waals surface area contributed by atoms with Crippen molar-refractivity contribution in [2.75, 3.05) is 0 Å². The average molecular weight is 330 g/mol. The number of imide groups is 1. The van der Waals surface area contributed by atoms with Crippen LogP contribution in [0.5, 0.6) is 0 Å². The Kier molecular flexibility index (Phi) is 3.40. The first kappa shape index (κ1) is 14.9. The smallest absolute Gasteiger partial charge is 0.325 e. The van der Waals surface area contributed by atoms with Gasteiger partial charge in [0.05, 0.1) is 6.26 Å². The number of rotatable bonds is 3. The molecule has 3 heterocycles. The van der Waals surface area contributed by atoms with Crippen LogP contribution < -0.4 is 5.32 Å². The molecule has 2 aliphatic rings. The van der Waals surface area contributed by atoms with Crippen LogP contribution in [0.25, 0.3) is 11.6 Å². The van der Waals surface area contributed by atoms with Crippen molar-refractivity contribution in [2.45, 2.75) is 44.7 Å². The molecule has 2 aromatic heterocycles. The van der Waals surface area contributed by atoms with E-state index in [1.807, 2.05) is 0 Å². The molecule has 126 valence electrons. The standard InChI is InChI=1S/C16H18N4O4/c1-10-4-6-16(7-5-10)14(21)20(15(22)18-16)9-12-17-13(19-24-12)11-3-2-8-23-11/h2-3,8,10H,4-7,9H2,1H3,(H,18,22). The summed E-state index contributed by atoms with van der Waals surface area (Å²) in [5.74, 6) is 1.35. The van der Waals surface area contributed by atoms with Crippen LogP contribution in [-0.4, -0.2) is 32.5 Å². The first-order chi connectivity index (χ1) is 11.6. The number of amides is 3. The molecule has 1 aliphatic carbocycles. The van der Waals surface area contributed by atoms with Crippen molar-refractivity contribution < 1.29 is 18.5 Å². The summed E-state index contributed by atoms with van der Waals surface area (Å²) in [6, 6.07) is 3.03. The molecule has 8 nitrogen and oxygen atoms in total. The quantitative estimate of drug-likeness (QED) is 0.867. The van der Waals surface area contributed by atoms with E-state index < -0.39 is 11.6 Å². The molecule has 2 fully saturated rings. The lowest BCUT2D eigenvalue weighted by Gasteiger charge is -2.33. The third kappa shape index (κ3) is 2.38. The Morgan fingerprint density at radius 1 is 1.38 bits per heavy atom. The highest BCUT2D eigenvalue weighted by Crippen LogP contribution is 2.36. The Bertz CT molecular complexity index is 759. The SMILES string of the molecule is CC1CCC2(CC1)NC(=O)N(Cc1nc(-c3ccco3)no1)C2=O. The Labute approximate surface area is 138 Å². The van der Waals surface area contributed by atoms with Gasteiger partial charge in [0.2, 0.25) is 11.7 Å². The Hall–Kier alpha value is -2.64. The third-order valence-corrected chi connectivity index (χ3v) is 4.88. The summed E-state index contributed by atoms with van der Waals surface area (Å²) in [4.78, 5) is 30.4. The number of carbonyl (C=O) groups excluding carboxylic acids is 2. The summed E-state index contributed by atoms with van der Waals surface area (Å²) in [5.41, 5.74) is -0.756. The molecule has 1 saturated heterocycles. The minimum absolute atomic E-state index is 0.0321. The van der Waals surface area contributed by atoms with Crippen molar-refractivity contribution in [3.63, 3.8) is 0 Å². The lowest BCUT2D eigenvalue weighted by Crippen LogP contribution is -2.49. The lowest BCUT2D eigenvalue weighted by atomic mass is 9.77. The van der Waals surface area contributed by atoms with E-state index in [1.54, 1.807) is 12.1 Å². The first-order valence-corrected chi connectivity index (χ1v) is 8.08. The van der Waals surface area contributed by atoms with Gasteiger partial charge in [-0.15, -0.1) is 0 Å². The maximum absolute atomic E-state index is 12.8. The van der Waals surface area contributed by atoms with E-state index in [9.17, 15) is 9.59 Å². The minimum atomic E-state index is -0.756. The zero-order valence-electron chi connectivity index (χ0n) is 13.3. The van der Waals surface area contributed by atoms with Crippen LogP contribution in [0.1, 0.15) is 38.5 Å². The highest BCUT2D eigenvalue weighted by molar-refractivity contribution is 6.06. The molecule has 1 aliphatic heterocycles. The topological polar surface area (TPSA) is 101 Å². The van der Waals surface area contributed by atoms with Gasteiger partial charge >= 0.3 is 6.03 Å². The molecule has 3 amide bonds. The number of urea groups is 1. The Morgan fingerprint density at radius 3 is 2.88 bits per heavy atom. The van der Waals surface area contributed by atoms with Crippen molar-refractivity contribution in [1.82, 2.24) is 20.4 Å². The van der Waals surface area contributed by atoms with Crippen molar-refractivity contribution >= 4 is 11.9 Å². The van der Waals surface area contributed by atoms with Crippen molar-refractivity contribution in [1.29, 1.82) is 0 Å². The second-order valence-electron chi connectivity index (χ2n) is 6.58. The summed E-state index contributed by atoms with van der Waals surface area (Å²) in [7, 11) is 0. The highest BCUT2D eigenvalue weighted by Gasteiger charge is 2.52. The van der Waals surface area contributed by atoms with Crippen molar-refractivity contribution in [3.8, 4) is 11.6 Å². The molecular weight excluding hydrogens is 312 g/mol. The number of nitrogens with zero attached hydrogens (tertiary/aromatic N) is 3. The predicted octanol–water partition coefficient (Wildman–Crippen LogP) is 2.33. The summed E-state index contributed by atoms with van der Waals surface area (Å²) in [6.45, 7) is 2.14. The van der Waals surface area contributed by atoms with E-state index in [1.165, 1.54) is 6.26 Å². The molecule has 1 spiro atoms. The Balaban J connectivity index is 1.51. The number of hydrogen-bond donors (Lipinski definition) is 1. The van der Waals surface area contributed by atoms with E-state index in [0.717, 1.165) is 17.7 Å². The molecule has 1 N–H and O–H groups in total. The number of carbonyl (C=O) groups is 2. The highest BCUT2D eigenvalue weighted by atomic mass is 16.5. The van der Waals surface area contributed by atoms with Crippen LogP contribution in [0, 0.1) is 5.92 Å². The number of aromatic nitrogens is 2. The van der Waals surface area contributed by atoms with Crippen LogP contribution in [0.4, 0.5) is 4.79 Å². The van der Waals surface area contributed by atoms with E-state index in [2.05, 4.69) is 22.4 Å². The maximum atomic E-state index is 12.8.